The van der Waals surface area contributed by atoms with Crippen molar-refractivity contribution in [3.63, 3.8) is 0 Å². The number of nitro benzene ring substituents is 1. The van der Waals surface area contributed by atoms with E-state index in [4.69, 9.17) is 5.73 Å². The maximum absolute atomic E-state index is 11.7. The zero-order chi connectivity index (χ0) is 14.0. The predicted molar refractivity (Wildman–Crippen MR) is 69.8 cm³/mol. The van der Waals surface area contributed by atoms with Crippen LogP contribution in [-0.4, -0.2) is 14.5 Å². The van der Waals surface area contributed by atoms with Crippen LogP contribution in [0.1, 0.15) is 11.3 Å². The van der Waals surface area contributed by atoms with Gasteiger partial charge < -0.3 is 5.73 Å². The molecule has 0 saturated carbocycles. The Kier molecular flexibility index (Phi) is 3.28. The van der Waals surface area contributed by atoms with Crippen LogP contribution in [0.5, 0.6) is 0 Å². The first-order valence-electron chi connectivity index (χ1n) is 5.53. The maximum atomic E-state index is 11.7. The SMILES string of the molecule is Cc1cc(=O)n(Cc2cc([N+](=O)[O-])ccc2N)cn1. The van der Waals surface area contributed by atoms with E-state index in [0.717, 1.165) is 0 Å². The molecule has 1 heterocycles. The van der Waals surface area contributed by atoms with Gasteiger partial charge in [-0.25, -0.2) is 4.98 Å². The number of anilines is 1. The summed E-state index contributed by atoms with van der Waals surface area (Å²) in [5.74, 6) is 0. The molecule has 98 valence electrons. The predicted octanol–water partition coefficient (Wildman–Crippen LogP) is 1.09. The minimum atomic E-state index is -0.501. The molecule has 0 saturated heterocycles. The van der Waals surface area contributed by atoms with Crippen LogP contribution in [0, 0.1) is 17.0 Å². The summed E-state index contributed by atoms with van der Waals surface area (Å²) in [5, 5.41) is 10.7. The molecule has 0 unspecified atom stereocenters. The highest BCUT2D eigenvalue weighted by molar-refractivity contribution is 5.52. The van der Waals surface area contributed by atoms with Crippen LogP contribution in [-0.2, 0) is 6.54 Å². The number of hydrogen-bond acceptors (Lipinski definition) is 5. The summed E-state index contributed by atoms with van der Waals surface area (Å²) in [6, 6.07) is 5.55. The van der Waals surface area contributed by atoms with Crippen LogP contribution in [0.2, 0.25) is 0 Å². The molecule has 0 fully saturated rings. The van der Waals surface area contributed by atoms with Gasteiger partial charge in [0.15, 0.2) is 0 Å². The van der Waals surface area contributed by atoms with Crippen LogP contribution < -0.4 is 11.3 Å². The van der Waals surface area contributed by atoms with Crippen LogP contribution in [0.15, 0.2) is 35.4 Å². The Morgan fingerprint density at radius 1 is 1.42 bits per heavy atom. The third kappa shape index (κ3) is 2.76. The highest BCUT2D eigenvalue weighted by atomic mass is 16.6. The number of nitrogen functional groups attached to an aromatic ring is 1. The Bertz CT molecular complexity index is 694. The van der Waals surface area contributed by atoms with Gasteiger partial charge in [0.25, 0.3) is 11.2 Å². The number of non-ortho nitro benzene ring substituents is 1. The number of rotatable bonds is 3. The van der Waals surface area contributed by atoms with Crippen LogP contribution in [0.4, 0.5) is 11.4 Å². The molecule has 0 aliphatic heterocycles. The Morgan fingerprint density at radius 2 is 2.16 bits per heavy atom. The van der Waals surface area contributed by atoms with Crippen LogP contribution in [0.3, 0.4) is 0 Å². The molecule has 0 amide bonds. The van der Waals surface area contributed by atoms with E-state index in [-0.39, 0.29) is 17.8 Å². The monoisotopic (exact) mass is 260 g/mol. The lowest BCUT2D eigenvalue weighted by molar-refractivity contribution is -0.384. The summed E-state index contributed by atoms with van der Waals surface area (Å²) >= 11 is 0. The largest absolute Gasteiger partial charge is 0.398 e. The van der Waals surface area contributed by atoms with Crippen molar-refractivity contribution in [2.45, 2.75) is 13.5 Å². The van der Waals surface area contributed by atoms with E-state index in [1.165, 1.54) is 35.2 Å². The van der Waals surface area contributed by atoms with Crippen molar-refractivity contribution in [1.29, 1.82) is 0 Å². The molecule has 2 rings (SSSR count). The normalized spacial score (nSPS) is 10.4. The van der Waals surface area contributed by atoms with Gasteiger partial charge in [0.05, 0.1) is 17.8 Å². The fourth-order valence-corrected chi connectivity index (χ4v) is 1.66. The third-order valence-electron chi connectivity index (χ3n) is 2.69. The molecule has 2 N–H and O–H groups in total. The molecular formula is C12H12N4O3. The van der Waals surface area contributed by atoms with Gasteiger partial charge in [-0.2, -0.15) is 0 Å². The molecule has 0 atom stereocenters. The standard InChI is InChI=1S/C12H12N4O3/c1-8-4-12(17)15(7-14-8)6-9-5-10(16(18)19)2-3-11(9)13/h2-5,7H,6,13H2,1H3. The molecular weight excluding hydrogens is 248 g/mol. The minimum absolute atomic E-state index is 0.0580. The highest BCUT2D eigenvalue weighted by Gasteiger charge is 2.10. The van der Waals surface area contributed by atoms with E-state index in [1.54, 1.807) is 6.92 Å². The molecule has 0 spiro atoms. The molecule has 7 nitrogen and oxygen atoms in total. The van der Waals surface area contributed by atoms with Gasteiger partial charge >= 0.3 is 0 Å². The van der Waals surface area contributed by atoms with Gasteiger partial charge in [0, 0.05) is 35.1 Å². The van der Waals surface area contributed by atoms with Gasteiger partial charge in [0.2, 0.25) is 0 Å². The average molecular weight is 260 g/mol. The number of nitrogens with zero attached hydrogens (tertiary/aromatic N) is 3. The zero-order valence-corrected chi connectivity index (χ0v) is 10.2. The van der Waals surface area contributed by atoms with Crippen molar-refractivity contribution in [2.24, 2.45) is 0 Å². The Morgan fingerprint density at radius 3 is 2.79 bits per heavy atom. The molecule has 0 aliphatic rings. The van der Waals surface area contributed by atoms with E-state index in [2.05, 4.69) is 4.98 Å². The van der Waals surface area contributed by atoms with Crippen molar-refractivity contribution in [1.82, 2.24) is 9.55 Å². The van der Waals surface area contributed by atoms with Crippen molar-refractivity contribution >= 4 is 11.4 Å². The lowest BCUT2D eigenvalue weighted by Crippen LogP contribution is -2.21. The van der Waals surface area contributed by atoms with E-state index in [0.29, 0.717) is 16.9 Å². The average Bonchev–Trinajstić information content (AvgIpc) is 2.34. The quantitative estimate of drug-likeness (QED) is 0.505. The molecule has 0 aliphatic carbocycles. The van der Waals surface area contributed by atoms with Gasteiger partial charge in [-0.3, -0.25) is 19.5 Å². The highest BCUT2D eigenvalue weighted by Crippen LogP contribution is 2.20. The van der Waals surface area contributed by atoms with Crippen LogP contribution in [0.25, 0.3) is 0 Å². The molecule has 0 bridgehead atoms. The van der Waals surface area contributed by atoms with Crippen molar-refractivity contribution < 1.29 is 4.92 Å². The Hall–Kier alpha value is -2.70. The van der Waals surface area contributed by atoms with Crippen LogP contribution >= 0.6 is 0 Å². The number of nitro groups is 1. The molecule has 1 aromatic heterocycles. The second-order valence-electron chi connectivity index (χ2n) is 4.14. The fourth-order valence-electron chi connectivity index (χ4n) is 1.66. The third-order valence-corrected chi connectivity index (χ3v) is 2.69. The lowest BCUT2D eigenvalue weighted by Gasteiger charge is -2.08. The second kappa shape index (κ2) is 4.89. The Balaban J connectivity index is 2.40. The van der Waals surface area contributed by atoms with Gasteiger partial charge in [-0.1, -0.05) is 0 Å². The van der Waals surface area contributed by atoms with E-state index < -0.39 is 4.92 Å². The number of aryl methyl sites for hydroxylation is 1. The number of nitrogens with two attached hydrogens (primary N) is 1. The Labute approximate surface area is 108 Å². The lowest BCUT2D eigenvalue weighted by atomic mass is 10.1. The number of aromatic nitrogens is 2. The first kappa shape index (κ1) is 12.7. The minimum Gasteiger partial charge on any atom is -0.398 e. The van der Waals surface area contributed by atoms with Gasteiger partial charge in [-0.15, -0.1) is 0 Å². The van der Waals surface area contributed by atoms with E-state index in [9.17, 15) is 14.9 Å². The number of benzene rings is 1. The smallest absolute Gasteiger partial charge is 0.269 e. The van der Waals surface area contributed by atoms with Crippen molar-refractivity contribution in [3.8, 4) is 0 Å². The summed E-state index contributed by atoms with van der Waals surface area (Å²) in [6.45, 7) is 1.87. The van der Waals surface area contributed by atoms with Crippen molar-refractivity contribution in [2.75, 3.05) is 5.73 Å². The van der Waals surface area contributed by atoms with E-state index >= 15 is 0 Å². The zero-order valence-electron chi connectivity index (χ0n) is 10.2. The molecule has 0 radical (unpaired) electrons. The molecule has 7 heteroatoms. The van der Waals surface area contributed by atoms with Gasteiger partial charge in [0.1, 0.15) is 0 Å². The second-order valence-corrected chi connectivity index (χ2v) is 4.14. The maximum Gasteiger partial charge on any atom is 0.269 e. The van der Waals surface area contributed by atoms with Gasteiger partial charge in [-0.05, 0) is 13.0 Å². The summed E-state index contributed by atoms with van der Waals surface area (Å²) in [5.41, 5.74) is 7.01. The molecule has 1 aromatic carbocycles. The fraction of sp³-hybridized carbons (Fsp3) is 0.167. The summed E-state index contributed by atoms with van der Waals surface area (Å²) < 4.78 is 1.35. The summed E-state index contributed by atoms with van der Waals surface area (Å²) in [6.07, 6.45) is 1.40. The first-order chi connectivity index (χ1) is 8.97. The number of hydrogen-bond donors (Lipinski definition) is 1. The van der Waals surface area contributed by atoms with Crippen molar-refractivity contribution in [3.05, 3.63) is 62.3 Å². The first-order valence-corrected chi connectivity index (χ1v) is 5.53. The summed E-state index contributed by atoms with van der Waals surface area (Å²) in [4.78, 5) is 25.9. The topological polar surface area (TPSA) is 104 Å². The van der Waals surface area contributed by atoms with E-state index in [1.807, 2.05) is 0 Å². The summed E-state index contributed by atoms with van der Waals surface area (Å²) in [7, 11) is 0. The molecule has 2 aromatic rings. The molecule has 19 heavy (non-hydrogen) atoms.